The first kappa shape index (κ1) is 14.4. The molecule has 0 N–H and O–H groups in total. The monoisotopic (exact) mass is 301 g/mol. The Labute approximate surface area is 128 Å². The van der Waals surface area contributed by atoms with E-state index in [1.54, 1.807) is 11.9 Å². The smallest absolute Gasteiger partial charge is 0.253 e. The van der Waals surface area contributed by atoms with E-state index >= 15 is 0 Å². The summed E-state index contributed by atoms with van der Waals surface area (Å²) in [6, 6.07) is 12.9. The number of ether oxygens (including phenoxy) is 2. The van der Waals surface area contributed by atoms with Crippen molar-refractivity contribution < 1.29 is 18.7 Å². The van der Waals surface area contributed by atoms with Gasteiger partial charge in [-0.2, -0.15) is 0 Å². The van der Waals surface area contributed by atoms with Gasteiger partial charge in [-0.1, -0.05) is 12.1 Å². The number of carbonyl (C=O) groups excluding carboxylic acids is 1. The number of halogens is 1. The van der Waals surface area contributed by atoms with E-state index in [9.17, 15) is 9.18 Å². The molecule has 0 aromatic heterocycles. The van der Waals surface area contributed by atoms with Gasteiger partial charge in [0.05, 0.1) is 6.54 Å². The molecule has 2 aromatic carbocycles. The predicted molar refractivity (Wildman–Crippen MR) is 79.7 cm³/mol. The van der Waals surface area contributed by atoms with Crippen molar-refractivity contribution in [2.75, 3.05) is 20.2 Å². The lowest BCUT2D eigenvalue weighted by Crippen LogP contribution is -2.41. The Hall–Kier alpha value is -2.56. The summed E-state index contributed by atoms with van der Waals surface area (Å²) in [4.78, 5) is 13.8. The van der Waals surface area contributed by atoms with Crippen molar-refractivity contribution in [2.45, 2.75) is 6.10 Å². The highest BCUT2D eigenvalue weighted by molar-refractivity contribution is 5.94. The van der Waals surface area contributed by atoms with E-state index in [1.165, 1.54) is 24.3 Å². The molecule has 2 aromatic rings. The normalized spacial score (nSPS) is 16.2. The van der Waals surface area contributed by atoms with Gasteiger partial charge in [0.15, 0.2) is 17.6 Å². The first-order chi connectivity index (χ1) is 10.6. The number of hydrogen-bond acceptors (Lipinski definition) is 3. The minimum Gasteiger partial charge on any atom is -0.486 e. The van der Waals surface area contributed by atoms with Crippen LogP contribution < -0.4 is 9.47 Å². The van der Waals surface area contributed by atoms with E-state index in [1.807, 2.05) is 24.3 Å². The van der Waals surface area contributed by atoms with Crippen molar-refractivity contribution in [1.29, 1.82) is 0 Å². The Morgan fingerprint density at radius 2 is 1.86 bits per heavy atom. The number of fused-ring (bicyclic) bond motifs is 1. The molecule has 0 spiro atoms. The number of carbonyl (C=O) groups is 1. The molecule has 1 aliphatic heterocycles. The number of para-hydroxylation sites is 2. The van der Waals surface area contributed by atoms with E-state index in [0.29, 0.717) is 30.2 Å². The van der Waals surface area contributed by atoms with Gasteiger partial charge in [-0.05, 0) is 36.4 Å². The standard InChI is InChI=1S/C17H16FNO3/c1-19(17(20)12-6-8-13(18)9-7-12)10-14-11-21-15-4-2-3-5-16(15)22-14/h2-9,14H,10-11H2,1H3. The molecule has 0 saturated heterocycles. The molecule has 1 heterocycles. The zero-order valence-electron chi connectivity index (χ0n) is 12.2. The van der Waals surface area contributed by atoms with Crippen LogP contribution in [0, 0.1) is 5.82 Å². The van der Waals surface area contributed by atoms with Crippen molar-refractivity contribution >= 4 is 5.91 Å². The second kappa shape index (κ2) is 6.05. The molecule has 4 nitrogen and oxygen atoms in total. The molecule has 1 atom stereocenters. The zero-order valence-corrected chi connectivity index (χ0v) is 12.2. The first-order valence-corrected chi connectivity index (χ1v) is 7.03. The Balaban J connectivity index is 1.64. The fraction of sp³-hybridized carbons (Fsp3) is 0.235. The molecule has 1 unspecified atom stereocenters. The van der Waals surface area contributed by atoms with Crippen LogP contribution in [0.1, 0.15) is 10.4 Å². The Kier molecular flexibility index (Phi) is 3.96. The highest BCUT2D eigenvalue weighted by Crippen LogP contribution is 2.31. The topological polar surface area (TPSA) is 38.8 Å². The van der Waals surface area contributed by atoms with Gasteiger partial charge in [0.1, 0.15) is 12.4 Å². The molecule has 1 amide bonds. The summed E-state index contributed by atoms with van der Waals surface area (Å²) in [6.07, 6.45) is -0.232. The summed E-state index contributed by atoms with van der Waals surface area (Å²) in [7, 11) is 1.69. The van der Waals surface area contributed by atoms with Crippen LogP contribution >= 0.6 is 0 Å². The van der Waals surface area contributed by atoms with E-state index in [-0.39, 0.29) is 17.8 Å². The lowest BCUT2D eigenvalue weighted by Gasteiger charge is -2.29. The fourth-order valence-corrected chi connectivity index (χ4v) is 2.35. The summed E-state index contributed by atoms with van der Waals surface area (Å²) >= 11 is 0. The molecule has 0 aliphatic carbocycles. The van der Waals surface area contributed by atoms with Crippen molar-refractivity contribution in [1.82, 2.24) is 4.90 Å². The van der Waals surface area contributed by atoms with Crippen LogP contribution in [-0.4, -0.2) is 37.1 Å². The van der Waals surface area contributed by atoms with Crippen molar-refractivity contribution in [3.8, 4) is 11.5 Å². The predicted octanol–water partition coefficient (Wildman–Crippen LogP) is 2.74. The lowest BCUT2D eigenvalue weighted by atomic mass is 10.2. The number of rotatable bonds is 3. The molecule has 22 heavy (non-hydrogen) atoms. The van der Waals surface area contributed by atoms with Crippen molar-refractivity contribution in [3.05, 3.63) is 59.9 Å². The maximum atomic E-state index is 12.9. The average molecular weight is 301 g/mol. The Bertz CT molecular complexity index is 672. The van der Waals surface area contributed by atoms with Crippen LogP contribution in [-0.2, 0) is 0 Å². The van der Waals surface area contributed by atoms with Gasteiger partial charge in [-0.15, -0.1) is 0 Å². The number of benzene rings is 2. The third kappa shape index (κ3) is 3.03. The van der Waals surface area contributed by atoms with Crippen LogP contribution in [0.3, 0.4) is 0 Å². The van der Waals surface area contributed by atoms with Crippen LogP contribution in [0.4, 0.5) is 4.39 Å². The third-order valence-electron chi connectivity index (χ3n) is 3.48. The molecule has 1 aliphatic rings. The van der Waals surface area contributed by atoms with Crippen molar-refractivity contribution in [2.24, 2.45) is 0 Å². The van der Waals surface area contributed by atoms with E-state index in [4.69, 9.17) is 9.47 Å². The Morgan fingerprint density at radius 3 is 2.59 bits per heavy atom. The largest absolute Gasteiger partial charge is 0.486 e. The van der Waals surface area contributed by atoms with Gasteiger partial charge < -0.3 is 14.4 Å². The van der Waals surface area contributed by atoms with Gasteiger partial charge in [-0.3, -0.25) is 4.79 Å². The molecular weight excluding hydrogens is 285 g/mol. The zero-order chi connectivity index (χ0) is 15.5. The summed E-state index contributed by atoms with van der Waals surface area (Å²) < 4.78 is 24.4. The highest BCUT2D eigenvalue weighted by atomic mass is 19.1. The average Bonchev–Trinajstić information content (AvgIpc) is 2.55. The minimum atomic E-state index is -0.361. The SMILES string of the molecule is CN(CC1COc2ccccc2O1)C(=O)c1ccc(F)cc1. The number of nitrogens with zero attached hydrogens (tertiary/aromatic N) is 1. The minimum absolute atomic E-state index is 0.178. The quantitative estimate of drug-likeness (QED) is 0.875. The summed E-state index contributed by atoms with van der Waals surface area (Å²) in [6.45, 7) is 0.780. The highest BCUT2D eigenvalue weighted by Gasteiger charge is 2.24. The third-order valence-corrected chi connectivity index (χ3v) is 3.48. The molecule has 0 radical (unpaired) electrons. The molecule has 0 bridgehead atoms. The number of amides is 1. The van der Waals surface area contributed by atoms with Crippen LogP contribution in [0.25, 0.3) is 0 Å². The summed E-state index contributed by atoms with van der Waals surface area (Å²) in [5.74, 6) is 0.856. The van der Waals surface area contributed by atoms with Crippen LogP contribution in [0.15, 0.2) is 48.5 Å². The van der Waals surface area contributed by atoms with Gasteiger partial charge in [0.25, 0.3) is 5.91 Å². The fourth-order valence-electron chi connectivity index (χ4n) is 2.35. The van der Waals surface area contributed by atoms with E-state index < -0.39 is 0 Å². The molecule has 5 heteroatoms. The number of likely N-dealkylation sites (N-methyl/N-ethyl adjacent to an activating group) is 1. The lowest BCUT2D eigenvalue weighted by molar-refractivity contribution is 0.0521. The maximum Gasteiger partial charge on any atom is 0.253 e. The Morgan fingerprint density at radius 1 is 1.18 bits per heavy atom. The maximum absolute atomic E-state index is 12.9. The van der Waals surface area contributed by atoms with Gasteiger partial charge >= 0.3 is 0 Å². The number of hydrogen-bond donors (Lipinski definition) is 0. The van der Waals surface area contributed by atoms with Gasteiger partial charge in [0.2, 0.25) is 0 Å². The molecular formula is C17H16FNO3. The van der Waals surface area contributed by atoms with E-state index in [2.05, 4.69) is 0 Å². The van der Waals surface area contributed by atoms with Gasteiger partial charge in [0, 0.05) is 12.6 Å². The second-order valence-electron chi connectivity index (χ2n) is 5.19. The van der Waals surface area contributed by atoms with Crippen LogP contribution in [0.2, 0.25) is 0 Å². The molecule has 3 rings (SSSR count). The summed E-state index contributed by atoms with van der Waals surface area (Å²) in [5, 5.41) is 0. The van der Waals surface area contributed by atoms with Crippen LogP contribution in [0.5, 0.6) is 11.5 Å². The second-order valence-corrected chi connectivity index (χ2v) is 5.19. The molecule has 0 fully saturated rings. The molecule has 0 saturated carbocycles. The van der Waals surface area contributed by atoms with Gasteiger partial charge in [-0.25, -0.2) is 4.39 Å². The van der Waals surface area contributed by atoms with E-state index in [0.717, 1.165) is 0 Å². The molecule has 114 valence electrons. The van der Waals surface area contributed by atoms with Crippen molar-refractivity contribution in [3.63, 3.8) is 0 Å². The summed E-state index contributed by atoms with van der Waals surface area (Å²) in [5.41, 5.74) is 0.445. The first-order valence-electron chi connectivity index (χ1n) is 7.03.